The average molecular weight is 269 g/mol. The van der Waals surface area contributed by atoms with Crippen molar-refractivity contribution in [2.24, 2.45) is 5.92 Å². The monoisotopic (exact) mass is 269 g/mol. The fourth-order valence-corrected chi connectivity index (χ4v) is 2.54. The number of carbonyl (C=O) groups is 1. The number of nitrogens with one attached hydrogen (secondary N) is 1. The van der Waals surface area contributed by atoms with E-state index in [9.17, 15) is 4.79 Å². The second-order valence-corrected chi connectivity index (χ2v) is 5.26. The minimum absolute atomic E-state index is 0.119. The summed E-state index contributed by atoms with van der Waals surface area (Å²) in [6.07, 6.45) is 4.12. The lowest BCUT2D eigenvalue weighted by Crippen LogP contribution is -2.22. The molecule has 2 aromatic rings. The molecule has 0 unspecified atom stereocenters. The summed E-state index contributed by atoms with van der Waals surface area (Å²) in [7, 11) is 0. The van der Waals surface area contributed by atoms with Crippen molar-refractivity contribution in [3.8, 4) is 0 Å². The van der Waals surface area contributed by atoms with Gasteiger partial charge in [0.25, 0.3) is 0 Å². The van der Waals surface area contributed by atoms with Crippen molar-refractivity contribution in [2.45, 2.75) is 39.5 Å². The second-order valence-electron chi connectivity index (χ2n) is 5.26. The highest BCUT2D eigenvalue weighted by Gasteiger charge is 2.16. The quantitative estimate of drug-likeness (QED) is 0.786. The number of hydrogen-bond donors (Lipinski definition) is 1. The topological polar surface area (TPSA) is 29.1 Å². The van der Waals surface area contributed by atoms with Gasteiger partial charge in [0.05, 0.1) is 0 Å². The van der Waals surface area contributed by atoms with Crippen LogP contribution in [0, 0.1) is 5.92 Å². The second kappa shape index (κ2) is 7.09. The van der Waals surface area contributed by atoms with Gasteiger partial charge in [0, 0.05) is 17.0 Å². The molecule has 0 spiro atoms. The Hall–Kier alpha value is -1.83. The molecule has 1 amide bonds. The highest BCUT2D eigenvalue weighted by Crippen LogP contribution is 2.24. The number of rotatable bonds is 6. The maximum atomic E-state index is 12.4. The number of unbranched alkanes of at least 4 members (excludes halogenated alkanes) is 1. The highest BCUT2D eigenvalue weighted by atomic mass is 16.1. The Kier molecular flexibility index (Phi) is 5.16. The molecule has 2 rings (SSSR count). The largest absolute Gasteiger partial charge is 0.325 e. The maximum absolute atomic E-state index is 12.4. The van der Waals surface area contributed by atoms with E-state index in [0.29, 0.717) is 0 Å². The van der Waals surface area contributed by atoms with Crippen LogP contribution in [0.2, 0.25) is 0 Å². The molecule has 0 heterocycles. The van der Waals surface area contributed by atoms with Crippen LogP contribution in [0.3, 0.4) is 0 Å². The number of hydrogen-bond acceptors (Lipinski definition) is 1. The standard InChI is InChI=1S/C18H23NO/c1-3-5-9-14(4-2)18(20)19-17-13-8-11-15-10-6-7-12-16(15)17/h6-8,10-14H,3-5,9H2,1-2H3,(H,19,20)/t14-/m1/s1. The first kappa shape index (κ1) is 14.6. The predicted molar refractivity (Wildman–Crippen MR) is 85.9 cm³/mol. The molecule has 2 nitrogen and oxygen atoms in total. The van der Waals surface area contributed by atoms with Crippen LogP contribution in [0.4, 0.5) is 5.69 Å². The van der Waals surface area contributed by atoms with Crippen LogP contribution in [-0.2, 0) is 4.79 Å². The van der Waals surface area contributed by atoms with E-state index < -0.39 is 0 Å². The third-order valence-corrected chi connectivity index (χ3v) is 3.82. The van der Waals surface area contributed by atoms with E-state index in [0.717, 1.165) is 42.1 Å². The summed E-state index contributed by atoms with van der Waals surface area (Å²) < 4.78 is 0. The Morgan fingerprint density at radius 2 is 1.85 bits per heavy atom. The molecule has 0 aromatic heterocycles. The van der Waals surface area contributed by atoms with E-state index in [1.807, 2.05) is 24.3 Å². The average Bonchev–Trinajstić information content (AvgIpc) is 2.48. The Bertz CT molecular complexity index is 571. The van der Waals surface area contributed by atoms with Gasteiger partial charge in [-0.05, 0) is 24.3 Å². The number of benzene rings is 2. The SMILES string of the molecule is CCCC[C@@H](CC)C(=O)Nc1cccc2ccccc12. The molecule has 0 radical (unpaired) electrons. The van der Waals surface area contributed by atoms with E-state index in [-0.39, 0.29) is 11.8 Å². The van der Waals surface area contributed by atoms with Crippen molar-refractivity contribution in [3.63, 3.8) is 0 Å². The Labute approximate surface area is 121 Å². The van der Waals surface area contributed by atoms with Crippen LogP contribution >= 0.6 is 0 Å². The maximum Gasteiger partial charge on any atom is 0.227 e. The van der Waals surface area contributed by atoms with E-state index in [2.05, 4.69) is 37.4 Å². The van der Waals surface area contributed by atoms with Gasteiger partial charge in [-0.1, -0.05) is 63.1 Å². The first-order valence-corrected chi connectivity index (χ1v) is 7.54. The van der Waals surface area contributed by atoms with Crippen molar-refractivity contribution >= 4 is 22.4 Å². The molecule has 0 saturated heterocycles. The summed E-state index contributed by atoms with van der Waals surface area (Å²) in [6.45, 7) is 4.25. The van der Waals surface area contributed by atoms with E-state index >= 15 is 0 Å². The molecule has 0 aliphatic carbocycles. The van der Waals surface area contributed by atoms with Crippen LogP contribution < -0.4 is 5.32 Å². The first-order valence-electron chi connectivity index (χ1n) is 7.54. The van der Waals surface area contributed by atoms with Crippen LogP contribution in [0.15, 0.2) is 42.5 Å². The van der Waals surface area contributed by atoms with E-state index in [1.165, 1.54) is 0 Å². The minimum atomic E-state index is 0.119. The summed E-state index contributed by atoms with van der Waals surface area (Å²) in [4.78, 5) is 12.4. The molecule has 20 heavy (non-hydrogen) atoms. The fraction of sp³-hybridized carbons (Fsp3) is 0.389. The summed E-state index contributed by atoms with van der Waals surface area (Å²) in [5.74, 6) is 0.270. The van der Waals surface area contributed by atoms with Crippen molar-refractivity contribution in [1.82, 2.24) is 0 Å². The van der Waals surface area contributed by atoms with Gasteiger partial charge in [-0.15, -0.1) is 0 Å². The molecule has 106 valence electrons. The van der Waals surface area contributed by atoms with Crippen molar-refractivity contribution < 1.29 is 4.79 Å². The lowest BCUT2D eigenvalue weighted by molar-refractivity contribution is -0.120. The van der Waals surface area contributed by atoms with E-state index in [4.69, 9.17) is 0 Å². The zero-order chi connectivity index (χ0) is 14.4. The molecule has 2 heteroatoms. The molecule has 0 saturated carbocycles. The van der Waals surface area contributed by atoms with Gasteiger partial charge in [0.15, 0.2) is 0 Å². The zero-order valence-corrected chi connectivity index (χ0v) is 12.4. The molecule has 0 fully saturated rings. The molecule has 0 aliphatic rings. The van der Waals surface area contributed by atoms with Gasteiger partial charge < -0.3 is 5.32 Å². The Balaban J connectivity index is 2.17. The van der Waals surface area contributed by atoms with Crippen molar-refractivity contribution in [2.75, 3.05) is 5.32 Å². The molecular weight excluding hydrogens is 246 g/mol. The first-order chi connectivity index (χ1) is 9.76. The Morgan fingerprint density at radius 3 is 2.60 bits per heavy atom. The third-order valence-electron chi connectivity index (χ3n) is 3.82. The van der Waals surface area contributed by atoms with Crippen molar-refractivity contribution in [3.05, 3.63) is 42.5 Å². The van der Waals surface area contributed by atoms with Gasteiger partial charge in [0.1, 0.15) is 0 Å². The van der Waals surface area contributed by atoms with Gasteiger partial charge in [-0.3, -0.25) is 4.79 Å². The van der Waals surface area contributed by atoms with Crippen molar-refractivity contribution in [1.29, 1.82) is 0 Å². The third kappa shape index (κ3) is 3.38. The van der Waals surface area contributed by atoms with Crippen LogP contribution in [0.1, 0.15) is 39.5 Å². The lowest BCUT2D eigenvalue weighted by Gasteiger charge is -2.15. The Morgan fingerprint density at radius 1 is 1.10 bits per heavy atom. The molecular formula is C18H23NO. The summed E-state index contributed by atoms with van der Waals surface area (Å²) >= 11 is 0. The van der Waals surface area contributed by atoms with Crippen LogP contribution in [0.5, 0.6) is 0 Å². The predicted octanol–water partition coefficient (Wildman–Crippen LogP) is 4.99. The van der Waals surface area contributed by atoms with Crippen LogP contribution in [0.25, 0.3) is 10.8 Å². The van der Waals surface area contributed by atoms with Gasteiger partial charge in [0.2, 0.25) is 5.91 Å². The fourth-order valence-electron chi connectivity index (χ4n) is 2.54. The minimum Gasteiger partial charge on any atom is -0.325 e. The van der Waals surface area contributed by atoms with Gasteiger partial charge >= 0.3 is 0 Å². The molecule has 1 atom stereocenters. The normalized spacial score (nSPS) is 12.3. The molecule has 0 bridgehead atoms. The summed E-state index contributed by atoms with van der Waals surface area (Å²) in [5, 5.41) is 5.37. The summed E-state index contributed by atoms with van der Waals surface area (Å²) in [6, 6.07) is 14.2. The number of anilines is 1. The molecule has 0 aliphatic heterocycles. The van der Waals surface area contributed by atoms with Gasteiger partial charge in [-0.2, -0.15) is 0 Å². The molecule has 2 aromatic carbocycles. The summed E-state index contributed by atoms with van der Waals surface area (Å²) in [5.41, 5.74) is 0.919. The zero-order valence-electron chi connectivity index (χ0n) is 12.4. The van der Waals surface area contributed by atoms with Crippen LogP contribution in [-0.4, -0.2) is 5.91 Å². The number of carbonyl (C=O) groups excluding carboxylic acids is 1. The smallest absolute Gasteiger partial charge is 0.227 e. The van der Waals surface area contributed by atoms with Gasteiger partial charge in [-0.25, -0.2) is 0 Å². The molecule has 1 N–H and O–H groups in total. The highest BCUT2D eigenvalue weighted by molar-refractivity contribution is 6.02. The van der Waals surface area contributed by atoms with E-state index in [1.54, 1.807) is 0 Å². The number of amides is 1. The number of fused-ring (bicyclic) bond motifs is 1. The lowest BCUT2D eigenvalue weighted by atomic mass is 9.98.